The highest BCUT2D eigenvalue weighted by Gasteiger charge is 2.14. The van der Waals surface area contributed by atoms with E-state index in [4.69, 9.17) is 17.3 Å². The molecule has 0 aliphatic heterocycles. The van der Waals surface area contributed by atoms with Crippen LogP contribution in [0.25, 0.3) is 0 Å². The highest BCUT2D eigenvalue weighted by atomic mass is 35.5. The maximum absolute atomic E-state index is 13.0. The van der Waals surface area contributed by atoms with Gasteiger partial charge in [0.25, 0.3) is 0 Å². The lowest BCUT2D eigenvalue weighted by atomic mass is 10.1. The monoisotopic (exact) mass is 297 g/mol. The molecule has 0 heterocycles. The lowest BCUT2D eigenvalue weighted by molar-refractivity contribution is 0.626. The number of benzene rings is 2. The van der Waals surface area contributed by atoms with Gasteiger partial charge < -0.3 is 5.73 Å². The molecule has 0 bridgehead atoms. The van der Waals surface area contributed by atoms with Gasteiger partial charge in [-0.3, -0.25) is 4.21 Å². The first-order valence-electron chi connectivity index (χ1n) is 5.66. The molecule has 2 N–H and O–H groups in total. The Hall–Kier alpha value is -1.39. The largest absolute Gasteiger partial charge is 0.398 e. The number of nitrogens with two attached hydrogens (primary N) is 1. The van der Waals surface area contributed by atoms with Crippen molar-refractivity contribution >= 4 is 28.1 Å². The molecule has 2 nitrogen and oxygen atoms in total. The first-order chi connectivity index (χ1) is 8.99. The van der Waals surface area contributed by atoms with Crippen molar-refractivity contribution in [2.75, 3.05) is 5.73 Å². The first-order valence-corrected chi connectivity index (χ1v) is 7.36. The van der Waals surface area contributed by atoms with Crippen LogP contribution in [0.1, 0.15) is 11.1 Å². The molecule has 19 heavy (non-hydrogen) atoms. The Labute approximate surface area is 118 Å². The summed E-state index contributed by atoms with van der Waals surface area (Å²) >= 11 is 6.02. The topological polar surface area (TPSA) is 43.1 Å². The van der Waals surface area contributed by atoms with Gasteiger partial charge in [0, 0.05) is 5.69 Å². The summed E-state index contributed by atoms with van der Waals surface area (Å²) in [6.45, 7) is 1.78. The van der Waals surface area contributed by atoms with Crippen molar-refractivity contribution in [2.24, 2.45) is 0 Å². The van der Waals surface area contributed by atoms with Gasteiger partial charge >= 0.3 is 0 Å². The van der Waals surface area contributed by atoms with Gasteiger partial charge in [-0.05, 0) is 42.3 Å². The SMILES string of the molecule is Cc1cc(F)ccc1CS(=O)c1c(N)cccc1Cl. The van der Waals surface area contributed by atoms with E-state index in [1.807, 2.05) is 0 Å². The Bertz CT molecular complexity index is 625. The van der Waals surface area contributed by atoms with E-state index in [-0.39, 0.29) is 11.6 Å². The van der Waals surface area contributed by atoms with Gasteiger partial charge in [-0.15, -0.1) is 0 Å². The van der Waals surface area contributed by atoms with Gasteiger partial charge in [-0.1, -0.05) is 23.7 Å². The summed E-state index contributed by atoms with van der Waals surface area (Å²) in [5, 5.41) is 0.387. The molecule has 2 aromatic rings. The summed E-state index contributed by atoms with van der Waals surface area (Å²) in [7, 11) is -1.35. The molecule has 0 saturated carbocycles. The zero-order chi connectivity index (χ0) is 14.0. The summed E-state index contributed by atoms with van der Waals surface area (Å²) in [6.07, 6.45) is 0. The van der Waals surface area contributed by atoms with Crippen molar-refractivity contribution in [3.8, 4) is 0 Å². The van der Waals surface area contributed by atoms with E-state index in [0.29, 0.717) is 15.6 Å². The normalized spacial score (nSPS) is 12.4. The maximum atomic E-state index is 13.0. The minimum Gasteiger partial charge on any atom is -0.398 e. The number of rotatable bonds is 3. The number of hydrogen-bond donors (Lipinski definition) is 1. The first kappa shape index (κ1) is 14.0. The Balaban J connectivity index is 2.31. The summed E-state index contributed by atoms with van der Waals surface area (Å²) in [5.41, 5.74) is 7.79. The molecule has 0 radical (unpaired) electrons. The van der Waals surface area contributed by atoms with E-state index >= 15 is 0 Å². The fraction of sp³-hybridized carbons (Fsp3) is 0.143. The fourth-order valence-electron chi connectivity index (χ4n) is 1.80. The molecular weight excluding hydrogens is 285 g/mol. The van der Waals surface area contributed by atoms with Gasteiger partial charge in [-0.25, -0.2) is 4.39 Å². The summed E-state index contributed by atoms with van der Waals surface area (Å²) < 4.78 is 25.4. The van der Waals surface area contributed by atoms with Crippen LogP contribution in [0.15, 0.2) is 41.3 Å². The number of aryl methyl sites for hydroxylation is 1. The zero-order valence-electron chi connectivity index (χ0n) is 10.3. The van der Waals surface area contributed by atoms with Gasteiger partial charge in [0.15, 0.2) is 0 Å². The molecule has 0 aliphatic carbocycles. The molecule has 0 amide bonds. The fourth-order valence-corrected chi connectivity index (χ4v) is 3.61. The zero-order valence-corrected chi connectivity index (χ0v) is 11.9. The molecule has 0 saturated heterocycles. The van der Waals surface area contributed by atoms with Crippen molar-refractivity contribution in [3.63, 3.8) is 0 Å². The van der Waals surface area contributed by atoms with Crippen LogP contribution >= 0.6 is 11.6 Å². The van der Waals surface area contributed by atoms with Crippen molar-refractivity contribution in [3.05, 3.63) is 58.4 Å². The molecule has 1 atom stereocenters. The number of halogens is 2. The second-order valence-electron chi connectivity index (χ2n) is 4.22. The summed E-state index contributed by atoms with van der Waals surface area (Å²) in [5.74, 6) is -0.0376. The van der Waals surface area contributed by atoms with Crippen LogP contribution in [0, 0.1) is 12.7 Å². The summed E-state index contributed by atoms with van der Waals surface area (Å²) in [4.78, 5) is 0.438. The van der Waals surface area contributed by atoms with E-state index in [0.717, 1.165) is 11.1 Å². The number of nitrogen functional groups attached to an aromatic ring is 1. The molecular formula is C14H13ClFNOS. The second kappa shape index (κ2) is 5.72. The van der Waals surface area contributed by atoms with Crippen LogP contribution in [0.2, 0.25) is 5.02 Å². The Morgan fingerprint density at radius 1 is 1.32 bits per heavy atom. The average Bonchev–Trinajstić information content (AvgIpc) is 2.32. The van der Waals surface area contributed by atoms with Gasteiger partial charge in [-0.2, -0.15) is 0 Å². The van der Waals surface area contributed by atoms with Crippen molar-refractivity contribution in [2.45, 2.75) is 17.6 Å². The predicted octanol–water partition coefficient (Wildman–Crippen LogP) is 3.68. The molecule has 2 rings (SSSR count). The molecule has 100 valence electrons. The number of anilines is 1. The highest BCUT2D eigenvalue weighted by molar-refractivity contribution is 7.84. The van der Waals surface area contributed by atoms with Crippen LogP contribution < -0.4 is 5.73 Å². The van der Waals surface area contributed by atoms with Crippen molar-refractivity contribution < 1.29 is 8.60 Å². The Kier molecular flexibility index (Phi) is 4.22. The molecule has 0 fully saturated rings. The molecule has 0 spiro atoms. The third-order valence-corrected chi connectivity index (χ3v) is 4.73. The summed E-state index contributed by atoms with van der Waals surface area (Å²) in [6, 6.07) is 9.44. The van der Waals surface area contributed by atoms with Crippen molar-refractivity contribution in [1.29, 1.82) is 0 Å². The molecule has 1 unspecified atom stereocenters. The third kappa shape index (κ3) is 3.14. The van der Waals surface area contributed by atoms with Crippen LogP contribution in [0.3, 0.4) is 0 Å². The molecule has 0 aliphatic rings. The minimum absolute atomic E-state index is 0.264. The number of hydrogen-bond acceptors (Lipinski definition) is 2. The standard InChI is InChI=1S/C14H13ClFNOS/c1-9-7-11(16)6-5-10(9)8-19(18)14-12(15)3-2-4-13(14)17/h2-7H,8,17H2,1H3. The molecule has 0 aromatic heterocycles. The van der Waals surface area contributed by atoms with Crippen LogP contribution in [0.4, 0.5) is 10.1 Å². The van der Waals surface area contributed by atoms with E-state index in [2.05, 4.69) is 0 Å². The average molecular weight is 298 g/mol. The quantitative estimate of drug-likeness (QED) is 0.878. The van der Waals surface area contributed by atoms with Gasteiger partial charge in [0.2, 0.25) is 0 Å². The highest BCUT2D eigenvalue weighted by Crippen LogP contribution is 2.27. The minimum atomic E-state index is -1.35. The second-order valence-corrected chi connectivity index (χ2v) is 6.01. The van der Waals surface area contributed by atoms with Crippen molar-refractivity contribution in [1.82, 2.24) is 0 Å². The lowest BCUT2D eigenvalue weighted by Gasteiger charge is -2.09. The van der Waals surface area contributed by atoms with Crippen LogP contribution in [0.5, 0.6) is 0 Å². The van der Waals surface area contributed by atoms with Crippen LogP contribution in [-0.2, 0) is 16.6 Å². The Morgan fingerprint density at radius 3 is 2.68 bits per heavy atom. The predicted molar refractivity (Wildman–Crippen MR) is 77.1 cm³/mol. The maximum Gasteiger partial charge on any atom is 0.123 e. The van der Waals surface area contributed by atoms with Crippen LogP contribution in [-0.4, -0.2) is 4.21 Å². The van der Waals surface area contributed by atoms with Gasteiger partial charge in [0.05, 0.1) is 26.5 Å². The lowest BCUT2D eigenvalue weighted by Crippen LogP contribution is -2.03. The van der Waals surface area contributed by atoms with Gasteiger partial charge in [0.1, 0.15) is 5.82 Å². The van der Waals surface area contributed by atoms with E-state index < -0.39 is 10.8 Å². The third-order valence-electron chi connectivity index (χ3n) is 2.82. The van der Waals surface area contributed by atoms with E-state index in [1.165, 1.54) is 12.1 Å². The molecule has 5 heteroatoms. The smallest absolute Gasteiger partial charge is 0.123 e. The van der Waals surface area contributed by atoms with E-state index in [1.54, 1.807) is 31.2 Å². The molecule has 2 aromatic carbocycles. The Morgan fingerprint density at radius 2 is 2.05 bits per heavy atom. The van der Waals surface area contributed by atoms with E-state index in [9.17, 15) is 8.60 Å².